The highest BCUT2D eigenvalue weighted by Gasteiger charge is 2.07. The lowest BCUT2D eigenvalue weighted by Crippen LogP contribution is -2.03. The number of furan rings is 1. The second-order valence-corrected chi connectivity index (χ2v) is 4.67. The van der Waals surface area contributed by atoms with Crippen LogP contribution in [0.15, 0.2) is 34.7 Å². The molecule has 0 saturated heterocycles. The Labute approximate surface area is 119 Å². The first-order valence-corrected chi connectivity index (χ1v) is 6.66. The number of methoxy groups -OCH3 is 1. The van der Waals surface area contributed by atoms with Gasteiger partial charge in [-0.2, -0.15) is 0 Å². The third-order valence-electron chi connectivity index (χ3n) is 3.08. The molecule has 0 unspecified atom stereocenters. The molecule has 0 aliphatic carbocycles. The molecule has 4 nitrogen and oxygen atoms in total. The molecule has 0 radical (unpaired) electrons. The zero-order chi connectivity index (χ0) is 14.4. The van der Waals surface area contributed by atoms with E-state index in [0.29, 0.717) is 13.2 Å². The summed E-state index contributed by atoms with van der Waals surface area (Å²) in [7, 11) is 3.56. The maximum absolute atomic E-state index is 5.74. The summed E-state index contributed by atoms with van der Waals surface area (Å²) in [6.07, 6.45) is 0. The number of rotatable bonds is 7. The molecule has 1 aromatic heterocycles. The Morgan fingerprint density at radius 1 is 1.20 bits per heavy atom. The minimum atomic E-state index is 0.552. The number of ether oxygens (including phenoxy) is 2. The van der Waals surface area contributed by atoms with E-state index in [1.165, 1.54) is 0 Å². The summed E-state index contributed by atoms with van der Waals surface area (Å²) in [6, 6.07) is 9.93. The fraction of sp³-hybridized carbons (Fsp3) is 0.375. The molecule has 2 rings (SSSR count). The van der Waals surface area contributed by atoms with E-state index >= 15 is 0 Å². The van der Waals surface area contributed by atoms with E-state index < -0.39 is 0 Å². The number of benzene rings is 1. The van der Waals surface area contributed by atoms with Crippen molar-refractivity contribution in [2.45, 2.75) is 26.7 Å². The van der Waals surface area contributed by atoms with Gasteiger partial charge >= 0.3 is 0 Å². The van der Waals surface area contributed by atoms with Gasteiger partial charge in [-0.05, 0) is 37.7 Å². The summed E-state index contributed by atoms with van der Waals surface area (Å²) < 4.78 is 16.6. The van der Waals surface area contributed by atoms with Crippen LogP contribution in [0.25, 0.3) is 0 Å². The van der Waals surface area contributed by atoms with Crippen LogP contribution < -0.4 is 10.1 Å². The smallest absolute Gasteiger partial charge is 0.119 e. The molecule has 0 saturated carbocycles. The minimum Gasteiger partial charge on any atom is -0.497 e. The van der Waals surface area contributed by atoms with Crippen molar-refractivity contribution in [2.24, 2.45) is 0 Å². The van der Waals surface area contributed by atoms with Crippen LogP contribution in [0, 0.1) is 6.92 Å². The minimum absolute atomic E-state index is 0.552. The largest absolute Gasteiger partial charge is 0.497 e. The zero-order valence-electron chi connectivity index (χ0n) is 12.2. The van der Waals surface area contributed by atoms with E-state index in [2.05, 4.69) is 5.32 Å². The molecule has 0 aliphatic rings. The summed E-state index contributed by atoms with van der Waals surface area (Å²) in [5.74, 6) is 2.70. The average Bonchev–Trinajstić information content (AvgIpc) is 2.80. The molecule has 2 aromatic rings. The molecule has 1 heterocycles. The van der Waals surface area contributed by atoms with Gasteiger partial charge in [0, 0.05) is 5.56 Å². The summed E-state index contributed by atoms with van der Waals surface area (Å²) in [5.41, 5.74) is 2.19. The average molecular weight is 275 g/mol. The van der Waals surface area contributed by atoms with Crippen molar-refractivity contribution in [3.05, 3.63) is 53.0 Å². The van der Waals surface area contributed by atoms with Crippen LogP contribution in [0.3, 0.4) is 0 Å². The van der Waals surface area contributed by atoms with Gasteiger partial charge in [0.05, 0.1) is 26.9 Å². The molecule has 0 aliphatic heterocycles. The highest BCUT2D eigenvalue weighted by atomic mass is 16.5. The Morgan fingerprint density at radius 2 is 2.05 bits per heavy atom. The molecule has 20 heavy (non-hydrogen) atoms. The van der Waals surface area contributed by atoms with Gasteiger partial charge in [0.25, 0.3) is 0 Å². The first-order valence-electron chi connectivity index (χ1n) is 6.66. The van der Waals surface area contributed by atoms with Gasteiger partial charge in [0.1, 0.15) is 17.3 Å². The second-order valence-electron chi connectivity index (χ2n) is 4.67. The van der Waals surface area contributed by atoms with Crippen LogP contribution in [0.5, 0.6) is 5.75 Å². The monoisotopic (exact) mass is 275 g/mol. The first kappa shape index (κ1) is 14.6. The summed E-state index contributed by atoms with van der Waals surface area (Å²) >= 11 is 0. The van der Waals surface area contributed by atoms with E-state index in [1.54, 1.807) is 7.11 Å². The van der Waals surface area contributed by atoms with Crippen LogP contribution in [0.2, 0.25) is 0 Å². The van der Waals surface area contributed by atoms with E-state index in [9.17, 15) is 0 Å². The fourth-order valence-electron chi connectivity index (χ4n) is 2.03. The van der Waals surface area contributed by atoms with E-state index in [4.69, 9.17) is 13.9 Å². The fourth-order valence-corrected chi connectivity index (χ4v) is 2.03. The number of nitrogens with one attached hydrogen (secondary N) is 1. The lowest BCUT2D eigenvalue weighted by molar-refractivity contribution is 0.106. The summed E-state index contributed by atoms with van der Waals surface area (Å²) in [6.45, 7) is 3.81. The van der Waals surface area contributed by atoms with Crippen LogP contribution in [0.4, 0.5) is 0 Å². The molecule has 0 amide bonds. The summed E-state index contributed by atoms with van der Waals surface area (Å²) in [4.78, 5) is 0. The number of hydrogen-bond donors (Lipinski definition) is 1. The third kappa shape index (κ3) is 3.85. The van der Waals surface area contributed by atoms with Crippen molar-refractivity contribution >= 4 is 0 Å². The SMILES string of the molecule is CNCc1cc(COCc2cccc(OC)c2)c(C)o1. The molecular formula is C16H21NO3. The molecule has 0 spiro atoms. The molecule has 1 aromatic carbocycles. The molecular weight excluding hydrogens is 254 g/mol. The quantitative estimate of drug-likeness (QED) is 0.843. The zero-order valence-corrected chi connectivity index (χ0v) is 12.2. The predicted molar refractivity (Wildman–Crippen MR) is 77.7 cm³/mol. The van der Waals surface area contributed by atoms with Crippen molar-refractivity contribution < 1.29 is 13.9 Å². The van der Waals surface area contributed by atoms with E-state index in [1.807, 2.05) is 44.3 Å². The topological polar surface area (TPSA) is 43.6 Å². The maximum Gasteiger partial charge on any atom is 0.119 e. The van der Waals surface area contributed by atoms with Crippen molar-refractivity contribution in [2.75, 3.05) is 14.2 Å². The molecule has 4 heteroatoms. The normalized spacial score (nSPS) is 10.8. The van der Waals surface area contributed by atoms with Crippen molar-refractivity contribution in [1.82, 2.24) is 5.32 Å². The van der Waals surface area contributed by atoms with Crippen molar-refractivity contribution in [1.29, 1.82) is 0 Å². The van der Waals surface area contributed by atoms with Crippen LogP contribution in [-0.2, 0) is 24.5 Å². The van der Waals surface area contributed by atoms with E-state index in [-0.39, 0.29) is 0 Å². The lowest BCUT2D eigenvalue weighted by Gasteiger charge is -2.05. The number of aryl methyl sites for hydroxylation is 1. The number of hydrogen-bond acceptors (Lipinski definition) is 4. The Kier molecular flexibility index (Phi) is 5.21. The highest BCUT2D eigenvalue weighted by Crippen LogP contribution is 2.17. The van der Waals surface area contributed by atoms with Crippen LogP contribution in [0.1, 0.15) is 22.6 Å². The second kappa shape index (κ2) is 7.12. The van der Waals surface area contributed by atoms with Crippen LogP contribution >= 0.6 is 0 Å². The molecule has 0 bridgehead atoms. The van der Waals surface area contributed by atoms with Crippen molar-refractivity contribution in [3.8, 4) is 5.75 Å². The van der Waals surface area contributed by atoms with Gasteiger partial charge < -0.3 is 19.2 Å². The molecule has 0 atom stereocenters. The van der Waals surface area contributed by atoms with Gasteiger partial charge in [-0.3, -0.25) is 0 Å². The van der Waals surface area contributed by atoms with Crippen molar-refractivity contribution in [3.63, 3.8) is 0 Å². The Bertz CT molecular complexity index is 548. The maximum atomic E-state index is 5.74. The summed E-state index contributed by atoms with van der Waals surface area (Å²) in [5, 5.41) is 3.07. The lowest BCUT2D eigenvalue weighted by atomic mass is 10.2. The predicted octanol–water partition coefficient (Wildman–Crippen LogP) is 3.03. The van der Waals surface area contributed by atoms with Gasteiger partial charge in [0.2, 0.25) is 0 Å². The van der Waals surface area contributed by atoms with Gasteiger partial charge in [-0.25, -0.2) is 0 Å². The van der Waals surface area contributed by atoms with Gasteiger partial charge in [0.15, 0.2) is 0 Å². The molecule has 108 valence electrons. The van der Waals surface area contributed by atoms with E-state index in [0.717, 1.165) is 34.9 Å². The standard InChI is InChI=1S/C16H21NO3/c1-12-14(8-16(20-12)9-17-2)11-19-10-13-5-4-6-15(7-13)18-3/h4-8,17H,9-11H2,1-3H3. The van der Waals surface area contributed by atoms with Gasteiger partial charge in [-0.15, -0.1) is 0 Å². The Balaban J connectivity index is 1.89. The first-order chi connectivity index (χ1) is 9.72. The molecule has 1 N–H and O–H groups in total. The third-order valence-corrected chi connectivity index (χ3v) is 3.08. The van der Waals surface area contributed by atoms with Crippen LogP contribution in [-0.4, -0.2) is 14.2 Å². The Morgan fingerprint density at radius 3 is 2.80 bits per heavy atom. The molecule has 0 fully saturated rings. The Hall–Kier alpha value is -1.78. The highest BCUT2D eigenvalue weighted by molar-refractivity contribution is 5.28. The van der Waals surface area contributed by atoms with Gasteiger partial charge in [-0.1, -0.05) is 12.1 Å².